The lowest BCUT2D eigenvalue weighted by Crippen LogP contribution is -2.43. The second-order valence-electron chi connectivity index (χ2n) is 6.78. The fraction of sp³-hybridized carbons (Fsp3) is 0.136. The van der Waals surface area contributed by atoms with E-state index in [9.17, 15) is 19.1 Å². The lowest BCUT2D eigenvalue weighted by atomic mass is 10.1. The predicted octanol–water partition coefficient (Wildman–Crippen LogP) is 3.36. The van der Waals surface area contributed by atoms with Gasteiger partial charge in [-0.25, -0.2) is 14.2 Å². The molecule has 0 aliphatic rings. The first-order valence-electron chi connectivity index (χ1n) is 9.31. The van der Waals surface area contributed by atoms with Gasteiger partial charge in [-0.1, -0.05) is 0 Å². The molecule has 4 aromatic rings. The number of carbonyl (C=O) groups excluding carboxylic acids is 2. The number of hydrogen-bond acceptors (Lipinski definition) is 6. The zero-order valence-corrected chi connectivity index (χ0v) is 17.2. The van der Waals surface area contributed by atoms with E-state index in [-0.39, 0.29) is 5.82 Å². The molecular weight excluding hydrogens is 421 g/mol. The lowest BCUT2D eigenvalue weighted by molar-refractivity contribution is -0.143. The van der Waals surface area contributed by atoms with Crippen LogP contribution in [0, 0.1) is 5.82 Å². The Bertz CT molecular complexity index is 1250. The number of aliphatic hydroxyl groups excluding tert-OH is 1. The summed E-state index contributed by atoms with van der Waals surface area (Å²) in [5, 5.41) is 14.4. The molecule has 0 saturated carbocycles. The molecule has 158 valence electrons. The maximum Gasteiger partial charge on any atom is 0.330 e. The highest BCUT2D eigenvalue weighted by Crippen LogP contribution is 2.29. The van der Waals surface area contributed by atoms with Crippen LogP contribution >= 0.6 is 11.3 Å². The van der Waals surface area contributed by atoms with Crippen molar-refractivity contribution < 1.29 is 23.8 Å². The molecule has 7 nitrogen and oxygen atoms in total. The molecule has 0 bridgehead atoms. The van der Waals surface area contributed by atoms with E-state index in [1.807, 2.05) is 17.5 Å². The zero-order valence-electron chi connectivity index (χ0n) is 16.4. The van der Waals surface area contributed by atoms with Gasteiger partial charge in [0.25, 0.3) is 5.91 Å². The van der Waals surface area contributed by atoms with Gasteiger partial charge >= 0.3 is 5.97 Å². The van der Waals surface area contributed by atoms with E-state index in [0.29, 0.717) is 10.5 Å². The minimum Gasteiger partial charge on any atom is -0.467 e. The van der Waals surface area contributed by atoms with E-state index in [1.165, 1.54) is 30.6 Å². The maximum absolute atomic E-state index is 13.2. The summed E-state index contributed by atoms with van der Waals surface area (Å²) in [6.45, 7) is -0.554. The molecule has 31 heavy (non-hydrogen) atoms. The summed E-state index contributed by atoms with van der Waals surface area (Å²) in [4.78, 5) is 32.0. The number of carbonyl (C=O) groups is 2. The van der Waals surface area contributed by atoms with Gasteiger partial charge in [-0.3, -0.25) is 4.79 Å². The maximum atomic E-state index is 13.2. The molecule has 3 N–H and O–H groups in total. The number of nitrogens with one attached hydrogen (secondary N) is 2. The normalized spacial score (nSPS) is 12.0. The van der Waals surface area contributed by atoms with Crippen LogP contribution in [0.25, 0.3) is 33.4 Å². The van der Waals surface area contributed by atoms with Gasteiger partial charge in [-0.15, -0.1) is 11.3 Å². The SMILES string of the molecule is COC(=O)[C@H](CO)NC(=O)c1cc(-c2cnc3[nH]c(-c4ccc(F)cc4)cc3c2)cs1. The van der Waals surface area contributed by atoms with Crippen molar-refractivity contribution in [2.45, 2.75) is 6.04 Å². The molecule has 1 aromatic carbocycles. The summed E-state index contributed by atoms with van der Waals surface area (Å²) >= 11 is 1.22. The molecule has 9 heteroatoms. The fourth-order valence-electron chi connectivity index (χ4n) is 3.12. The first kappa shape index (κ1) is 20.7. The van der Waals surface area contributed by atoms with E-state index in [1.54, 1.807) is 24.4 Å². The van der Waals surface area contributed by atoms with E-state index < -0.39 is 24.5 Å². The third-order valence-electron chi connectivity index (χ3n) is 4.76. The molecule has 0 aliphatic carbocycles. The van der Waals surface area contributed by atoms with Crippen molar-refractivity contribution in [3.8, 4) is 22.4 Å². The van der Waals surface area contributed by atoms with Gasteiger partial charge in [0.2, 0.25) is 0 Å². The molecule has 3 aromatic heterocycles. The van der Waals surface area contributed by atoms with Crippen LogP contribution in [0.5, 0.6) is 0 Å². The van der Waals surface area contributed by atoms with Crippen LogP contribution in [0.4, 0.5) is 4.39 Å². The number of H-pyrrole nitrogens is 1. The first-order valence-corrected chi connectivity index (χ1v) is 10.2. The molecule has 0 spiro atoms. The molecule has 0 unspecified atom stereocenters. The Kier molecular flexibility index (Phi) is 5.79. The summed E-state index contributed by atoms with van der Waals surface area (Å²) in [6.07, 6.45) is 1.70. The quantitative estimate of drug-likeness (QED) is 0.400. The lowest BCUT2D eigenvalue weighted by Gasteiger charge is -2.12. The van der Waals surface area contributed by atoms with E-state index in [4.69, 9.17) is 0 Å². The average Bonchev–Trinajstić information content (AvgIpc) is 3.44. The number of ether oxygens (including phenoxy) is 1. The van der Waals surface area contributed by atoms with Crippen LogP contribution in [0.2, 0.25) is 0 Å². The number of fused-ring (bicyclic) bond motifs is 1. The highest BCUT2D eigenvalue weighted by atomic mass is 32.1. The number of aromatic amines is 1. The Morgan fingerprint density at radius 2 is 1.97 bits per heavy atom. The number of thiophene rings is 1. The standard InChI is InChI=1S/C22H18FN3O4S/c1-30-22(29)18(10-27)26-21(28)19-8-15(11-31-19)14-6-13-7-17(25-20(13)24-9-14)12-2-4-16(23)5-3-12/h2-9,11,18,27H,10H2,1H3,(H,24,25)(H,26,28)/t18-/m0/s1. The van der Waals surface area contributed by atoms with Crippen molar-refractivity contribution in [3.63, 3.8) is 0 Å². The second-order valence-corrected chi connectivity index (χ2v) is 7.69. The smallest absolute Gasteiger partial charge is 0.330 e. The molecular formula is C22H18FN3O4S. The molecule has 1 atom stereocenters. The van der Waals surface area contributed by atoms with Crippen molar-refractivity contribution in [2.75, 3.05) is 13.7 Å². The number of aromatic nitrogens is 2. The zero-order chi connectivity index (χ0) is 22.0. The number of pyridine rings is 1. The second kappa shape index (κ2) is 8.66. The van der Waals surface area contributed by atoms with Crippen LogP contribution in [0.3, 0.4) is 0 Å². The Balaban J connectivity index is 1.56. The van der Waals surface area contributed by atoms with Crippen LogP contribution < -0.4 is 5.32 Å². The van der Waals surface area contributed by atoms with Crippen molar-refractivity contribution in [2.24, 2.45) is 0 Å². The van der Waals surface area contributed by atoms with Crippen molar-refractivity contribution in [3.05, 3.63) is 64.7 Å². The monoisotopic (exact) mass is 439 g/mol. The number of esters is 1. The number of amides is 1. The third-order valence-corrected chi connectivity index (χ3v) is 5.68. The van der Waals surface area contributed by atoms with Crippen LogP contribution in [0.15, 0.2) is 54.0 Å². The van der Waals surface area contributed by atoms with Crippen molar-refractivity contribution in [1.82, 2.24) is 15.3 Å². The molecule has 0 radical (unpaired) electrons. The highest BCUT2D eigenvalue weighted by molar-refractivity contribution is 7.12. The highest BCUT2D eigenvalue weighted by Gasteiger charge is 2.22. The Labute approximate surface area is 180 Å². The molecule has 4 rings (SSSR count). The average molecular weight is 439 g/mol. The molecule has 0 aliphatic heterocycles. The topological polar surface area (TPSA) is 104 Å². The van der Waals surface area contributed by atoms with Crippen molar-refractivity contribution in [1.29, 1.82) is 0 Å². The van der Waals surface area contributed by atoms with E-state index in [2.05, 4.69) is 20.0 Å². The van der Waals surface area contributed by atoms with Gasteiger partial charge in [0, 0.05) is 22.8 Å². The minimum absolute atomic E-state index is 0.297. The largest absolute Gasteiger partial charge is 0.467 e. The number of rotatable bonds is 6. The van der Waals surface area contributed by atoms with Gasteiger partial charge in [-0.2, -0.15) is 0 Å². The number of nitrogens with zero attached hydrogens (tertiary/aromatic N) is 1. The Hall–Kier alpha value is -3.56. The molecule has 0 saturated heterocycles. The summed E-state index contributed by atoms with van der Waals surface area (Å²) < 4.78 is 17.7. The van der Waals surface area contributed by atoms with E-state index in [0.717, 1.165) is 27.8 Å². The van der Waals surface area contributed by atoms with Crippen LogP contribution in [-0.2, 0) is 9.53 Å². The summed E-state index contributed by atoms with van der Waals surface area (Å²) in [6, 6.07) is 10.6. The molecule has 3 heterocycles. The van der Waals surface area contributed by atoms with Crippen molar-refractivity contribution >= 4 is 34.2 Å². The van der Waals surface area contributed by atoms with Gasteiger partial charge < -0.3 is 20.1 Å². The van der Waals surface area contributed by atoms with E-state index >= 15 is 0 Å². The van der Waals surface area contributed by atoms with Crippen LogP contribution in [-0.4, -0.2) is 46.7 Å². The number of halogens is 1. The number of aliphatic hydroxyl groups is 1. The Morgan fingerprint density at radius 3 is 2.68 bits per heavy atom. The fourth-order valence-corrected chi connectivity index (χ4v) is 3.93. The van der Waals surface area contributed by atoms with Crippen LogP contribution in [0.1, 0.15) is 9.67 Å². The minimum atomic E-state index is -1.12. The third kappa shape index (κ3) is 4.32. The predicted molar refractivity (Wildman–Crippen MR) is 115 cm³/mol. The Morgan fingerprint density at radius 1 is 1.19 bits per heavy atom. The van der Waals surface area contributed by atoms with Gasteiger partial charge in [-0.05, 0) is 59.0 Å². The molecule has 1 amide bonds. The first-order chi connectivity index (χ1) is 15.0. The summed E-state index contributed by atoms with van der Waals surface area (Å²) in [5.41, 5.74) is 3.98. The summed E-state index contributed by atoms with van der Waals surface area (Å²) in [7, 11) is 1.19. The molecule has 0 fully saturated rings. The number of hydrogen-bond donors (Lipinski definition) is 3. The number of benzene rings is 1. The van der Waals surface area contributed by atoms with Gasteiger partial charge in [0.15, 0.2) is 6.04 Å². The van der Waals surface area contributed by atoms with Gasteiger partial charge in [0.1, 0.15) is 11.5 Å². The number of methoxy groups -OCH3 is 1. The van der Waals surface area contributed by atoms with Gasteiger partial charge in [0.05, 0.1) is 18.6 Å². The summed E-state index contributed by atoms with van der Waals surface area (Å²) in [5.74, 6) is -1.49.